The standard InChI is InChI=1S/C27H23ClN2O5S/c1-34-18-8-12-26(35-2)22(15-18)21-16-19(36(3,32)33)9-10-20(21)27(31)30-17-7-11-24(28)23(14-17)25-6-4-5-13-29-25/h4-16H,1-3H3,(H,30,31). The van der Waals surface area contributed by atoms with E-state index in [1.165, 1.54) is 32.4 Å². The van der Waals surface area contributed by atoms with Gasteiger partial charge in [0.05, 0.1) is 29.8 Å². The van der Waals surface area contributed by atoms with Gasteiger partial charge in [-0.2, -0.15) is 0 Å². The molecule has 0 bridgehead atoms. The van der Waals surface area contributed by atoms with E-state index in [2.05, 4.69) is 10.3 Å². The maximum atomic E-state index is 13.5. The fraction of sp³-hybridized carbons (Fsp3) is 0.111. The summed E-state index contributed by atoms with van der Waals surface area (Å²) in [5.41, 5.74) is 2.97. The highest BCUT2D eigenvalue weighted by Gasteiger charge is 2.20. The Morgan fingerprint density at radius 1 is 0.889 bits per heavy atom. The number of carbonyl (C=O) groups is 1. The first-order chi connectivity index (χ1) is 17.2. The summed E-state index contributed by atoms with van der Waals surface area (Å²) in [4.78, 5) is 17.9. The van der Waals surface area contributed by atoms with Crippen LogP contribution in [0.1, 0.15) is 10.4 Å². The summed E-state index contributed by atoms with van der Waals surface area (Å²) >= 11 is 6.38. The van der Waals surface area contributed by atoms with Crippen molar-refractivity contribution in [1.29, 1.82) is 0 Å². The molecule has 0 saturated heterocycles. The molecule has 7 nitrogen and oxygen atoms in total. The van der Waals surface area contributed by atoms with E-state index in [1.54, 1.807) is 48.7 Å². The van der Waals surface area contributed by atoms with Crippen LogP contribution in [-0.4, -0.2) is 39.8 Å². The minimum absolute atomic E-state index is 0.0721. The van der Waals surface area contributed by atoms with Crippen molar-refractivity contribution in [2.75, 3.05) is 25.8 Å². The van der Waals surface area contributed by atoms with Gasteiger partial charge in [-0.05, 0) is 72.3 Å². The highest BCUT2D eigenvalue weighted by molar-refractivity contribution is 7.90. The molecule has 0 aliphatic rings. The minimum Gasteiger partial charge on any atom is -0.497 e. The first kappa shape index (κ1) is 25.2. The zero-order valence-corrected chi connectivity index (χ0v) is 21.4. The number of carbonyl (C=O) groups excluding carboxylic acids is 1. The molecule has 0 aliphatic carbocycles. The highest BCUT2D eigenvalue weighted by atomic mass is 35.5. The summed E-state index contributed by atoms with van der Waals surface area (Å²) < 4.78 is 35.4. The average Bonchev–Trinajstić information content (AvgIpc) is 2.89. The molecule has 4 rings (SSSR count). The van der Waals surface area contributed by atoms with E-state index in [9.17, 15) is 13.2 Å². The van der Waals surface area contributed by atoms with Gasteiger partial charge in [-0.15, -0.1) is 0 Å². The van der Waals surface area contributed by atoms with E-state index in [-0.39, 0.29) is 10.5 Å². The maximum absolute atomic E-state index is 13.5. The first-order valence-electron chi connectivity index (χ1n) is 10.8. The molecule has 0 spiro atoms. The number of nitrogens with one attached hydrogen (secondary N) is 1. The Morgan fingerprint density at radius 3 is 2.36 bits per heavy atom. The first-order valence-corrected chi connectivity index (χ1v) is 13.1. The Balaban J connectivity index is 1.80. The normalized spacial score (nSPS) is 11.1. The van der Waals surface area contributed by atoms with Crippen molar-refractivity contribution >= 4 is 33.0 Å². The Labute approximate surface area is 214 Å². The molecule has 0 saturated carbocycles. The Hall–Kier alpha value is -3.88. The van der Waals surface area contributed by atoms with Crippen LogP contribution in [0.3, 0.4) is 0 Å². The van der Waals surface area contributed by atoms with Gasteiger partial charge in [-0.1, -0.05) is 17.7 Å². The van der Waals surface area contributed by atoms with Crippen LogP contribution < -0.4 is 14.8 Å². The van der Waals surface area contributed by atoms with Crippen LogP contribution in [0.5, 0.6) is 11.5 Å². The second-order valence-corrected chi connectivity index (χ2v) is 10.3. The van der Waals surface area contributed by atoms with E-state index in [4.69, 9.17) is 21.1 Å². The summed E-state index contributed by atoms with van der Waals surface area (Å²) in [6.45, 7) is 0. The molecule has 0 fully saturated rings. The number of nitrogens with zero attached hydrogens (tertiary/aromatic N) is 1. The molecule has 1 aromatic heterocycles. The van der Waals surface area contributed by atoms with Gasteiger partial charge in [-0.3, -0.25) is 9.78 Å². The van der Waals surface area contributed by atoms with Crippen LogP contribution in [0.25, 0.3) is 22.4 Å². The number of hydrogen-bond donors (Lipinski definition) is 1. The van der Waals surface area contributed by atoms with Crippen molar-refractivity contribution < 1.29 is 22.7 Å². The highest BCUT2D eigenvalue weighted by Crippen LogP contribution is 2.37. The molecule has 3 aromatic carbocycles. The number of ether oxygens (including phenoxy) is 2. The van der Waals surface area contributed by atoms with E-state index in [0.717, 1.165) is 6.26 Å². The molecule has 0 unspecified atom stereocenters. The number of rotatable bonds is 7. The Morgan fingerprint density at radius 2 is 1.69 bits per heavy atom. The number of aromatic nitrogens is 1. The summed E-state index contributed by atoms with van der Waals surface area (Å²) in [6, 6.07) is 20.0. The molecule has 4 aromatic rings. The third-order valence-corrected chi connectivity index (χ3v) is 6.97. The van der Waals surface area contributed by atoms with Gasteiger partial charge < -0.3 is 14.8 Å². The lowest BCUT2D eigenvalue weighted by Gasteiger charge is -2.16. The molecular weight excluding hydrogens is 500 g/mol. The monoisotopic (exact) mass is 522 g/mol. The third-order valence-electron chi connectivity index (χ3n) is 5.53. The number of anilines is 1. The second kappa shape index (κ2) is 10.4. The van der Waals surface area contributed by atoms with E-state index in [0.29, 0.717) is 44.6 Å². The third kappa shape index (κ3) is 5.35. The van der Waals surface area contributed by atoms with Crippen LogP contribution in [-0.2, 0) is 9.84 Å². The van der Waals surface area contributed by atoms with Crippen LogP contribution in [0.4, 0.5) is 5.69 Å². The second-order valence-electron chi connectivity index (χ2n) is 7.91. The van der Waals surface area contributed by atoms with Gasteiger partial charge in [0.1, 0.15) is 11.5 Å². The molecular formula is C27H23ClN2O5S. The number of amides is 1. The van der Waals surface area contributed by atoms with Crippen LogP contribution in [0.2, 0.25) is 5.02 Å². The SMILES string of the molecule is COc1ccc(OC)c(-c2cc(S(C)(=O)=O)ccc2C(=O)Nc2ccc(Cl)c(-c3ccccn3)c2)c1. The molecule has 1 N–H and O–H groups in total. The summed E-state index contributed by atoms with van der Waals surface area (Å²) in [5.74, 6) is 0.545. The van der Waals surface area contributed by atoms with Gasteiger partial charge in [0.15, 0.2) is 9.84 Å². The van der Waals surface area contributed by atoms with Crippen molar-refractivity contribution in [2.45, 2.75) is 4.90 Å². The lowest BCUT2D eigenvalue weighted by atomic mass is 9.97. The smallest absolute Gasteiger partial charge is 0.256 e. The molecule has 0 aliphatic heterocycles. The molecule has 184 valence electrons. The number of methoxy groups -OCH3 is 2. The fourth-order valence-corrected chi connectivity index (χ4v) is 4.58. The van der Waals surface area contributed by atoms with Crippen LogP contribution >= 0.6 is 11.6 Å². The van der Waals surface area contributed by atoms with Gasteiger partial charge in [0, 0.05) is 34.8 Å². The van der Waals surface area contributed by atoms with Gasteiger partial charge in [0.25, 0.3) is 5.91 Å². The van der Waals surface area contributed by atoms with Gasteiger partial charge in [0.2, 0.25) is 0 Å². The van der Waals surface area contributed by atoms with Crippen molar-refractivity contribution in [3.63, 3.8) is 0 Å². The predicted molar refractivity (Wildman–Crippen MR) is 141 cm³/mol. The number of benzene rings is 3. The molecule has 0 atom stereocenters. The van der Waals surface area contributed by atoms with Crippen molar-refractivity contribution in [1.82, 2.24) is 4.98 Å². The van der Waals surface area contributed by atoms with Crippen LogP contribution in [0.15, 0.2) is 83.9 Å². The average molecular weight is 523 g/mol. The molecule has 36 heavy (non-hydrogen) atoms. The lowest BCUT2D eigenvalue weighted by Crippen LogP contribution is -2.14. The largest absolute Gasteiger partial charge is 0.497 e. The molecule has 1 heterocycles. The van der Waals surface area contributed by atoms with Gasteiger partial charge >= 0.3 is 0 Å². The molecule has 0 radical (unpaired) electrons. The predicted octanol–water partition coefficient (Wildman–Crippen LogP) is 5.74. The van der Waals surface area contributed by atoms with Gasteiger partial charge in [-0.25, -0.2) is 8.42 Å². The van der Waals surface area contributed by atoms with E-state index >= 15 is 0 Å². The Bertz CT molecular complexity index is 1540. The number of sulfone groups is 1. The summed E-state index contributed by atoms with van der Waals surface area (Å²) in [7, 11) is -0.518. The number of pyridine rings is 1. The van der Waals surface area contributed by atoms with Crippen molar-refractivity contribution in [3.05, 3.63) is 89.6 Å². The quantitative estimate of drug-likeness (QED) is 0.332. The molecule has 1 amide bonds. The van der Waals surface area contributed by atoms with E-state index in [1.807, 2.05) is 12.1 Å². The maximum Gasteiger partial charge on any atom is 0.256 e. The molecule has 9 heteroatoms. The Kier molecular flexibility index (Phi) is 7.28. The van der Waals surface area contributed by atoms with Crippen molar-refractivity contribution in [3.8, 4) is 33.9 Å². The van der Waals surface area contributed by atoms with Crippen molar-refractivity contribution in [2.24, 2.45) is 0 Å². The number of hydrogen-bond acceptors (Lipinski definition) is 6. The lowest BCUT2D eigenvalue weighted by molar-refractivity contribution is 0.102. The topological polar surface area (TPSA) is 94.6 Å². The summed E-state index contributed by atoms with van der Waals surface area (Å²) in [5, 5.41) is 3.37. The van der Waals surface area contributed by atoms with E-state index < -0.39 is 15.7 Å². The van der Waals surface area contributed by atoms with Crippen LogP contribution in [0, 0.1) is 0 Å². The summed E-state index contributed by atoms with van der Waals surface area (Å²) in [6.07, 6.45) is 2.77. The minimum atomic E-state index is -3.54. The number of halogens is 1. The zero-order chi connectivity index (χ0) is 25.9. The fourth-order valence-electron chi connectivity index (χ4n) is 3.72. The zero-order valence-electron chi connectivity index (χ0n) is 19.8.